The van der Waals surface area contributed by atoms with Crippen molar-refractivity contribution in [2.75, 3.05) is 12.0 Å². The molecule has 1 heterocycles. The molecular weight excluding hydrogens is 262 g/mol. The molecule has 0 atom stereocenters. The van der Waals surface area contributed by atoms with E-state index in [9.17, 15) is 4.79 Å². The van der Waals surface area contributed by atoms with E-state index in [0.29, 0.717) is 6.54 Å². The summed E-state index contributed by atoms with van der Waals surface area (Å²) in [5, 5.41) is 0. The maximum absolute atomic E-state index is 12.6. The van der Waals surface area contributed by atoms with Crippen LogP contribution in [0.15, 0.2) is 36.4 Å². The average Bonchev–Trinajstić information content (AvgIpc) is 3.11. The van der Waals surface area contributed by atoms with E-state index in [1.165, 1.54) is 24.0 Å². The highest BCUT2D eigenvalue weighted by atomic mass is 16.5. The predicted molar refractivity (Wildman–Crippen MR) is 82.0 cm³/mol. The second kappa shape index (κ2) is 4.62. The molecule has 0 bridgehead atoms. The average molecular weight is 279 g/mol. The first-order valence-corrected chi connectivity index (χ1v) is 7.37. The van der Waals surface area contributed by atoms with Gasteiger partial charge in [0.2, 0.25) is 0 Å². The van der Waals surface area contributed by atoms with Gasteiger partial charge in [0.25, 0.3) is 5.91 Å². The molecule has 2 aromatic rings. The van der Waals surface area contributed by atoms with Gasteiger partial charge in [-0.1, -0.05) is 12.1 Å². The van der Waals surface area contributed by atoms with Gasteiger partial charge < -0.3 is 9.64 Å². The van der Waals surface area contributed by atoms with E-state index >= 15 is 0 Å². The molecule has 0 spiro atoms. The molecule has 0 aromatic heterocycles. The van der Waals surface area contributed by atoms with Gasteiger partial charge in [0.1, 0.15) is 5.75 Å². The minimum absolute atomic E-state index is 0.0712. The normalized spacial score (nSPS) is 16.0. The Balaban J connectivity index is 1.70. The monoisotopic (exact) mass is 279 g/mol. The number of rotatable bonds is 2. The van der Waals surface area contributed by atoms with Crippen LogP contribution >= 0.6 is 0 Å². The highest BCUT2D eigenvalue weighted by Crippen LogP contribution is 2.33. The maximum atomic E-state index is 12.6. The number of anilines is 1. The Bertz CT molecular complexity index is 736. The van der Waals surface area contributed by atoms with Gasteiger partial charge in [-0.2, -0.15) is 0 Å². The van der Waals surface area contributed by atoms with Crippen molar-refractivity contribution >= 4 is 11.6 Å². The van der Waals surface area contributed by atoms with E-state index in [4.69, 9.17) is 4.74 Å². The summed E-state index contributed by atoms with van der Waals surface area (Å²) in [5.41, 5.74) is 5.67. The molecule has 0 N–H and O–H groups in total. The van der Waals surface area contributed by atoms with Crippen LogP contribution in [0.5, 0.6) is 5.75 Å². The first-order chi connectivity index (χ1) is 10.3. The van der Waals surface area contributed by atoms with Gasteiger partial charge in [-0.3, -0.25) is 4.79 Å². The van der Waals surface area contributed by atoms with Crippen LogP contribution in [0.4, 0.5) is 5.69 Å². The Morgan fingerprint density at radius 1 is 1.00 bits per heavy atom. The molecular formula is C18H17NO2. The van der Waals surface area contributed by atoms with Crippen LogP contribution < -0.4 is 9.64 Å². The standard InChI is InChI=1S/C18H17NO2/c1-21-16-8-6-14-11-19(18(20)17(14)10-16)15-7-5-12-3-2-4-13(12)9-15/h5-10H,2-4,11H2,1H3. The molecule has 1 aliphatic carbocycles. The first kappa shape index (κ1) is 12.5. The van der Waals surface area contributed by atoms with Crippen molar-refractivity contribution in [3.05, 3.63) is 58.7 Å². The fourth-order valence-electron chi connectivity index (χ4n) is 3.34. The summed E-state index contributed by atoms with van der Waals surface area (Å²) >= 11 is 0. The number of aryl methyl sites for hydroxylation is 2. The first-order valence-electron chi connectivity index (χ1n) is 7.37. The zero-order valence-corrected chi connectivity index (χ0v) is 12.1. The lowest BCUT2D eigenvalue weighted by Crippen LogP contribution is -2.23. The second-order valence-corrected chi connectivity index (χ2v) is 5.72. The number of methoxy groups -OCH3 is 1. The predicted octanol–water partition coefficient (Wildman–Crippen LogP) is 3.34. The third-order valence-corrected chi connectivity index (χ3v) is 4.51. The lowest BCUT2D eigenvalue weighted by molar-refractivity contribution is 0.0996. The number of carbonyl (C=O) groups is 1. The number of fused-ring (bicyclic) bond motifs is 2. The van der Waals surface area contributed by atoms with E-state index in [-0.39, 0.29) is 5.91 Å². The van der Waals surface area contributed by atoms with Crippen LogP contribution in [0.25, 0.3) is 0 Å². The quantitative estimate of drug-likeness (QED) is 0.843. The van der Waals surface area contributed by atoms with E-state index < -0.39 is 0 Å². The number of hydrogen-bond donors (Lipinski definition) is 0. The molecule has 0 fully saturated rings. The molecule has 3 heteroatoms. The molecule has 1 amide bonds. The summed E-state index contributed by atoms with van der Waals surface area (Å²) in [6, 6.07) is 12.2. The van der Waals surface area contributed by atoms with Gasteiger partial charge in [-0.15, -0.1) is 0 Å². The van der Waals surface area contributed by atoms with E-state index in [1.807, 2.05) is 23.1 Å². The minimum atomic E-state index is 0.0712. The molecule has 2 aromatic carbocycles. The Morgan fingerprint density at radius 3 is 2.67 bits per heavy atom. The third kappa shape index (κ3) is 1.92. The minimum Gasteiger partial charge on any atom is -0.497 e. The number of amides is 1. The van der Waals surface area contributed by atoms with Gasteiger partial charge in [0.15, 0.2) is 0 Å². The van der Waals surface area contributed by atoms with E-state index in [0.717, 1.165) is 29.0 Å². The number of benzene rings is 2. The lowest BCUT2D eigenvalue weighted by Gasteiger charge is -2.17. The number of nitrogens with zero attached hydrogens (tertiary/aromatic N) is 1. The molecule has 0 saturated carbocycles. The summed E-state index contributed by atoms with van der Waals surface area (Å²) < 4.78 is 5.22. The van der Waals surface area contributed by atoms with Gasteiger partial charge in [-0.05, 0) is 60.2 Å². The lowest BCUT2D eigenvalue weighted by atomic mass is 10.1. The molecule has 106 valence electrons. The smallest absolute Gasteiger partial charge is 0.259 e. The summed E-state index contributed by atoms with van der Waals surface area (Å²) in [7, 11) is 1.62. The van der Waals surface area contributed by atoms with E-state index in [2.05, 4.69) is 18.2 Å². The molecule has 1 aliphatic heterocycles. The molecule has 4 rings (SSSR count). The topological polar surface area (TPSA) is 29.5 Å². The van der Waals surface area contributed by atoms with Crippen LogP contribution in [0, 0.1) is 0 Å². The van der Waals surface area contributed by atoms with Crippen LogP contribution in [-0.4, -0.2) is 13.0 Å². The van der Waals surface area contributed by atoms with Crippen LogP contribution in [0.3, 0.4) is 0 Å². The highest BCUT2D eigenvalue weighted by molar-refractivity contribution is 6.10. The highest BCUT2D eigenvalue weighted by Gasteiger charge is 2.29. The van der Waals surface area contributed by atoms with Crippen molar-refractivity contribution < 1.29 is 9.53 Å². The second-order valence-electron chi connectivity index (χ2n) is 5.72. The number of carbonyl (C=O) groups excluding carboxylic acids is 1. The van der Waals surface area contributed by atoms with Crippen molar-refractivity contribution in [3.8, 4) is 5.75 Å². The molecule has 0 unspecified atom stereocenters. The Hall–Kier alpha value is -2.29. The van der Waals surface area contributed by atoms with Crippen LogP contribution in [0.2, 0.25) is 0 Å². The third-order valence-electron chi connectivity index (χ3n) is 4.51. The van der Waals surface area contributed by atoms with Gasteiger partial charge in [-0.25, -0.2) is 0 Å². The van der Waals surface area contributed by atoms with Crippen molar-refractivity contribution in [3.63, 3.8) is 0 Å². The largest absolute Gasteiger partial charge is 0.497 e. The Labute approximate surface area is 124 Å². The summed E-state index contributed by atoms with van der Waals surface area (Å²) in [6.45, 7) is 0.650. The Morgan fingerprint density at radius 2 is 1.81 bits per heavy atom. The molecule has 0 saturated heterocycles. The summed E-state index contributed by atoms with van der Waals surface area (Å²) in [6.07, 6.45) is 3.52. The summed E-state index contributed by atoms with van der Waals surface area (Å²) in [4.78, 5) is 14.5. The van der Waals surface area contributed by atoms with Gasteiger partial charge in [0, 0.05) is 11.3 Å². The Kier molecular flexibility index (Phi) is 2.74. The van der Waals surface area contributed by atoms with Crippen LogP contribution in [0.1, 0.15) is 33.5 Å². The number of ether oxygens (including phenoxy) is 1. The fraction of sp³-hybridized carbons (Fsp3) is 0.278. The SMILES string of the molecule is COc1ccc2c(c1)C(=O)N(c1ccc3c(c1)CCC3)C2. The van der Waals surface area contributed by atoms with Crippen molar-refractivity contribution in [1.82, 2.24) is 0 Å². The zero-order valence-electron chi connectivity index (χ0n) is 12.1. The molecule has 21 heavy (non-hydrogen) atoms. The summed E-state index contributed by atoms with van der Waals surface area (Å²) in [5.74, 6) is 0.805. The van der Waals surface area contributed by atoms with Gasteiger partial charge >= 0.3 is 0 Å². The molecule has 0 radical (unpaired) electrons. The van der Waals surface area contributed by atoms with E-state index in [1.54, 1.807) is 7.11 Å². The molecule has 2 aliphatic rings. The van der Waals surface area contributed by atoms with Crippen molar-refractivity contribution in [1.29, 1.82) is 0 Å². The molecule has 3 nitrogen and oxygen atoms in total. The van der Waals surface area contributed by atoms with Gasteiger partial charge in [0.05, 0.1) is 13.7 Å². The maximum Gasteiger partial charge on any atom is 0.259 e. The van der Waals surface area contributed by atoms with Crippen molar-refractivity contribution in [2.45, 2.75) is 25.8 Å². The zero-order chi connectivity index (χ0) is 14.4. The number of hydrogen-bond acceptors (Lipinski definition) is 2. The van der Waals surface area contributed by atoms with Crippen molar-refractivity contribution in [2.24, 2.45) is 0 Å². The fourth-order valence-corrected chi connectivity index (χ4v) is 3.34. The van der Waals surface area contributed by atoms with Crippen LogP contribution in [-0.2, 0) is 19.4 Å².